The third-order valence-electron chi connectivity index (χ3n) is 6.16. The van der Waals surface area contributed by atoms with Crippen molar-refractivity contribution in [1.82, 2.24) is 19.3 Å². The molecule has 1 aliphatic rings. The molecule has 7 nitrogen and oxygen atoms in total. The number of furan rings is 1. The number of imidazole rings is 1. The fourth-order valence-electron chi connectivity index (χ4n) is 4.57. The minimum absolute atomic E-state index is 0.0237. The van der Waals surface area contributed by atoms with E-state index in [0.717, 1.165) is 46.5 Å². The zero-order valence-electron chi connectivity index (χ0n) is 19.1. The first kappa shape index (κ1) is 20.5. The second-order valence-corrected chi connectivity index (χ2v) is 9.64. The summed E-state index contributed by atoms with van der Waals surface area (Å²) in [6.07, 6.45) is 7.24. The van der Waals surface area contributed by atoms with Crippen molar-refractivity contribution in [2.24, 2.45) is 0 Å². The summed E-state index contributed by atoms with van der Waals surface area (Å²) >= 11 is 0. The number of hydrogen-bond acceptors (Lipinski definition) is 5. The molecule has 1 saturated heterocycles. The lowest BCUT2D eigenvalue weighted by molar-refractivity contribution is 0.0681. The predicted octanol–water partition coefficient (Wildman–Crippen LogP) is 5.01. The molecule has 1 N–H and O–H groups in total. The minimum atomic E-state index is -0.0938. The van der Waals surface area contributed by atoms with E-state index in [1.54, 1.807) is 12.4 Å². The second-order valence-electron chi connectivity index (χ2n) is 9.64. The number of fused-ring (bicyclic) bond motifs is 2. The van der Waals surface area contributed by atoms with E-state index in [9.17, 15) is 4.79 Å². The Balaban J connectivity index is 1.38. The summed E-state index contributed by atoms with van der Waals surface area (Å²) in [5.74, 6) is 1.73. The minimum Gasteiger partial charge on any atom is -0.451 e. The molecule has 166 valence electrons. The summed E-state index contributed by atoms with van der Waals surface area (Å²) in [6.45, 7) is 9.76. The van der Waals surface area contributed by atoms with Crippen molar-refractivity contribution in [3.63, 3.8) is 0 Å². The number of anilines is 1. The Hall–Kier alpha value is -3.35. The summed E-state index contributed by atoms with van der Waals surface area (Å²) < 4.78 is 7.99. The molecular formula is C25H29N5O2. The van der Waals surface area contributed by atoms with Gasteiger partial charge in [0.15, 0.2) is 11.4 Å². The van der Waals surface area contributed by atoms with Gasteiger partial charge in [0, 0.05) is 47.9 Å². The number of piperidine rings is 1. The Morgan fingerprint density at radius 1 is 1.19 bits per heavy atom. The fraction of sp³-hybridized carbons (Fsp3) is 0.400. The van der Waals surface area contributed by atoms with E-state index in [4.69, 9.17) is 9.40 Å². The molecule has 7 heteroatoms. The molecule has 0 atom stereocenters. The summed E-state index contributed by atoms with van der Waals surface area (Å²) in [6, 6.07) is 7.81. The molecule has 0 bridgehead atoms. The molecule has 32 heavy (non-hydrogen) atoms. The van der Waals surface area contributed by atoms with Gasteiger partial charge in [-0.05, 0) is 46.6 Å². The van der Waals surface area contributed by atoms with Crippen molar-refractivity contribution in [2.45, 2.75) is 52.0 Å². The van der Waals surface area contributed by atoms with Crippen molar-refractivity contribution in [1.29, 1.82) is 0 Å². The van der Waals surface area contributed by atoms with E-state index in [-0.39, 0.29) is 17.4 Å². The Bertz CT molecular complexity index is 1290. The van der Waals surface area contributed by atoms with Gasteiger partial charge in [0.1, 0.15) is 11.4 Å². The van der Waals surface area contributed by atoms with Gasteiger partial charge in [0.25, 0.3) is 5.91 Å². The number of benzene rings is 1. The van der Waals surface area contributed by atoms with Crippen LogP contribution in [-0.2, 0) is 0 Å². The Kier molecular flexibility index (Phi) is 4.92. The third kappa shape index (κ3) is 3.61. The highest BCUT2D eigenvalue weighted by molar-refractivity contribution is 5.99. The number of nitrogens with one attached hydrogen (secondary N) is 1. The molecule has 0 radical (unpaired) electrons. The molecule has 1 amide bonds. The average Bonchev–Trinajstić information content (AvgIpc) is 3.31. The summed E-state index contributed by atoms with van der Waals surface area (Å²) in [5.41, 5.74) is 3.48. The molecule has 4 aromatic rings. The monoisotopic (exact) mass is 431 g/mol. The van der Waals surface area contributed by atoms with Gasteiger partial charge in [-0.25, -0.2) is 4.98 Å². The standard InChI is InChI=1S/C25H29N5O2/c1-16-18-7-5-6-8-19(18)32-22(16)24(31)29-12-9-17(10-13-29)21-23(28-25(2,3)4)30-14-11-26-15-20(30)27-21/h5-8,11,14-15,17,28H,9-10,12-13H2,1-4H3. The molecule has 4 heterocycles. The highest BCUT2D eigenvalue weighted by Crippen LogP contribution is 2.35. The first-order valence-corrected chi connectivity index (χ1v) is 11.2. The highest BCUT2D eigenvalue weighted by atomic mass is 16.3. The summed E-state index contributed by atoms with van der Waals surface area (Å²) in [7, 11) is 0. The maximum absolute atomic E-state index is 13.2. The number of para-hydroxylation sites is 1. The van der Waals surface area contributed by atoms with Crippen molar-refractivity contribution < 1.29 is 9.21 Å². The van der Waals surface area contributed by atoms with Gasteiger partial charge in [-0.15, -0.1) is 0 Å². The second kappa shape index (κ2) is 7.65. The van der Waals surface area contributed by atoms with Crippen LogP contribution in [0.25, 0.3) is 16.6 Å². The lowest BCUT2D eigenvalue weighted by atomic mass is 9.92. The van der Waals surface area contributed by atoms with Crippen LogP contribution in [0.3, 0.4) is 0 Å². The van der Waals surface area contributed by atoms with Gasteiger partial charge in [0.05, 0.1) is 11.9 Å². The largest absolute Gasteiger partial charge is 0.451 e. The van der Waals surface area contributed by atoms with Crippen LogP contribution in [-0.4, -0.2) is 43.8 Å². The van der Waals surface area contributed by atoms with Gasteiger partial charge >= 0.3 is 0 Å². The molecule has 5 rings (SSSR count). The molecule has 0 aliphatic carbocycles. The normalized spacial score (nSPS) is 15.6. The molecule has 0 saturated carbocycles. The number of likely N-dealkylation sites (tertiary alicyclic amines) is 1. The maximum atomic E-state index is 13.2. The Morgan fingerprint density at radius 2 is 1.94 bits per heavy atom. The summed E-state index contributed by atoms with van der Waals surface area (Å²) in [4.78, 5) is 24.3. The van der Waals surface area contributed by atoms with E-state index in [2.05, 4.69) is 35.5 Å². The number of aryl methyl sites for hydroxylation is 1. The quantitative estimate of drug-likeness (QED) is 0.493. The molecule has 3 aromatic heterocycles. The van der Waals surface area contributed by atoms with Crippen LogP contribution < -0.4 is 5.32 Å². The van der Waals surface area contributed by atoms with Crippen molar-refractivity contribution in [3.8, 4) is 0 Å². The Labute approximate surface area is 187 Å². The van der Waals surface area contributed by atoms with Crippen LogP contribution in [0, 0.1) is 6.92 Å². The van der Waals surface area contributed by atoms with Crippen LogP contribution in [0.4, 0.5) is 5.82 Å². The van der Waals surface area contributed by atoms with Crippen LogP contribution in [0.5, 0.6) is 0 Å². The predicted molar refractivity (Wildman–Crippen MR) is 125 cm³/mol. The average molecular weight is 432 g/mol. The van der Waals surface area contributed by atoms with Crippen molar-refractivity contribution >= 4 is 28.3 Å². The highest BCUT2D eigenvalue weighted by Gasteiger charge is 2.31. The molecular weight excluding hydrogens is 402 g/mol. The lowest BCUT2D eigenvalue weighted by Crippen LogP contribution is -2.38. The molecule has 1 aromatic carbocycles. The fourth-order valence-corrected chi connectivity index (χ4v) is 4.57. The molecule has 0 unspecified atom stereocenters. The van der Waals surface area contributed by atoms with Gasteiger partial charge in [0.2, 0.25) is 0 Å². The molecule has 0 spiro atoms. The zero-order valence-corrected chi connectivity index (χ0v) is 19.1. The first-order valence-electron chi connectivity index (χ1n) is 11.2. The van der Waals surface area contributed by atoms with E-state index in [0.29, 0.717) is 18.8 Å². The smallest absolute Gasteiger partial charge is 0.289 e. The van der Waals surface area contributed by atoms with Gasteiger partial charge < -0.3 is 14.6 Å². The van der Waals surface area contributed by atoms with E-state index < -0.39 is 0 Å². The number of carbonyl (C=O) groups is 1. The number of nitrogens with zero attached hydrogens (tertiary/aromatic N) is 4. The number of carbonyl (C=O) groups excluding carboxylic acids is 1. The van der Waals surface area contributed by atoms with Gasteiger partial charge in [-0.3, -0.25) is 14.2 Å². The zero-order chi connectivity index (χ0) is 22.5. The molecule has 1 aliphatic heterocycles. The van der Waals surface area contributed by atoms with Gasteiger partial charge in [-0.1, -0.05) is 18.2 Å². The topological polar surface area (TPSA) is 75.7 Å². The molecule has 1 fully saturated rings. The van der Waals surface area contributed by atoms with Gasteiger partial charge in [-0.2, -0.15) is 0 Å². The van der Waals surface area contributed by atoms with Crippen LogP contribution >= 0.6 is 0 Å². The summed E-state index contributed by atoms with van der Waals surface area (Å²) in [5, 5.41) is 4.63. The number of hydrogen-bond donors (Lipinski definition) is 1. The van der Waals surface area contributed by atoms with Crippen molar-refractivity contribution in [2.75, 3.05) is 18.4 Å². The van der Waals surface area contributed by atoms with E-state index >= 15 is 0 Å². The number of amides is 1. The first-order chi connectivity index (χ1) is 15.3. The van der Waals surface area contributed by atoms with E-state index in [1.165, 1.54) is 0 Å². The van der Waals surface area contributed by atoms with Crippen LogP contribution in [0.2, 0.25) is 0 Å². The van der Waals surface area contributed by atoms with E-state index in [1.807, 2.05) is 42.3 Å². The lowest BCUT2D eigenvalue weighted by Gasteiger charge is -2.32. The maximum Gasteiger partial charge on any atom is 0.289 e. The number of rotatable bonds is 3. The van der Waals surface area contributed by atoms with Crippen LogP contribution in [0.15, 0.2) is 47.3 Å². The Morgan fingerprint density at radius 3 is 2.66 bits per heavy atom. The SMILES string of the molecule is Cc1c(C(=O)N2CCC(c3nc4cnccn4c3NC(C)(C)C)CC2)oc2ccccc12. The number of aromatic nitrogens is 3. The van der Waals surface area contributed by atoms with Crippen LogP contribution in [0.1, 0.15) is 61.3 Å². The third-order valence-corrected chi connectivity index (χ3v) is 6.16. The van der Waals surface area contributed by atoms with Crippen molar-refractivity contribution in [3.05, 3.63) is 59.9 Å².